The minimum absolute atomic E-state index is 0.0625. The van der Waals surface area contributed by atoms with E-state index in [9.17, 15) is 14.2 Å². The molecule has 2 amide bonds. The predicted molar refractivity (Wildman–Crippen MR) is 144 cm³/mol. The van der Waals surface area contributed by atoms with Gasteiger partial charge in [0.25, 0.3) is 0 Å². The van der Waals surface area contributed by atoms with Gasteiger partial charge in [-0.05, 0) is 42.5 Å². The fourth-order valence-corrected chi connectivity index (χ4v) is 7.04. The van der Waals surface area contributed by atoms with Crippen molar-refractivity contribution in [3.05, 3.63) is 64.1 Å². The number of nitrogens with zero attached hydrogens (tertiary/aromatic N) is 2. The van der Waals surface area contributed by atoms with Crippen LogP contribution < -0.4 is 5.32 Å². The molecule has 2 unspecified atom stereocenters. The van der Waals surface area contributed by atoms with Crippen molar-refractivity contribution in [2.75, 3.05) is 24.3 Å². The van der Waals surface area contributed by atoms with E-state index in [1.165, 1.54) is 0 Å². The van der Waals surface area contributed by atoms with Gasteiger partial charge in [0.05, 0.1) is 17.2 Å². The van der Waals surface area contributed by atoms with E-state index in [0.29, 0.717) is 19.5 Å². The van der Waals surface area contributed by atoms with Gasteiger partial charge in [-0.3, -0.25) is 14.2 Å². The Balaban J connectivity index is 1.47. The van der Waals surface area contributed by atoms with Crippen molar-refractivity contribution in [1.29, 1.82) is 0 Å². The predicted octanol–water partition coefficient (Wildman–Crippen LogP) is 4.10. The van der Waals surface area contributed by atoms with E-state index >= 15 is 0 Å². The minimum atomic E-state index is -4.18. The highest BCUT2D eigenvalue weighted by Crippen LogP contribution is 2.38. The van der Waals surface area contributed by atoms with Gasteiger partial charge in [-0.15, -0.1) is 23.1 Å². The van der Waals surface area contributed by atoms with Gasteiger partial charge >= 0.3 is 7.60 Å². The molecule has 1 aromatic heterocycles. The van der Waals surface area contributed by atoms with Crippen molar-refractivity contribution in [2.24, 2.45) is 0 Å². The largest absolute Gasteiger partial charge is 0.353 e. The molecule has 11 heteroatoms. The average molecular weight is 548 g/mol. The highest BCUT2D eigenvalue weighted by atomic mass is 32.2. The maximum absolute atomic E-state index is 13.3. The summed E-state index contributed by atoms with van der Waals surface area (Å²) in [6.07, 6.45) is 2.21. The number of thioether (sulfide) groups is 1. The van der Waals surface area contributed by atoms with Crippen molar-refractivity contribution < 1.29 is 23.9 Å². The number of carbonyl (C=O) groups excluding carboxylic acids is 2. The molecule has 8 nitrogen and oxygen atoms in total. The second-order valence-corrected chi connectivity index (χ2v) is 12.9. The Labute approximate surface area is 218 Å². The number of carbonyl (C=O) groups is 2. The quantitative estimate of drug-likeness (QED) is 0.345. The number of benzene rings is 2. The van der Waals surface area contributed by atoms with Crippen molar-refractivity contribution in [3.8, 4) is 0 Å². The molecule has 0 saturated carbocycles. The van der Waals surface area contributed by atoms with Crippen molar-refractivity contribution >= 4 is 53.3 Å². The maximum atomic E-state index is 13.3. The van der Waals surface area contributed by atoms with Crippen molar-refractivity contribution in [3.63, 3.8) is 0 Å². The number of amides is 2. The summed E-state index contributed by atoms with van der Waals surface area (Å²) in [5.74, 6) is -0.659. The number of aromatic nitrogens is 1. The van der Waals surface area contributed by atoms with E-state index < -0.39 is 19.1 Å². The summed E-state index contributed by atoms with van der Waals surface area (Å²) >= 11 is 2.47. The third-order valence-electron chi connectivity index (χ3n) is 6.20. The zero-order valence-electron chi connectivity index (χ0n) is 20.0. The summed E-state index contributed by atoms with van der Waals surface area (Å²) in [5.41, 5.74) is 1.59. The summed E-state index contributed by atoms with van der Waals surface area (Å²) in [4.78, 5) is 50.4. The number of thiazole rings is 1. The summed E-state index contributed by atoms with van der Waals surface area (Å²) < 4.78 is 11.1. The molecule has 0 radical (unpaired) electrons. The molecule has 3 N–H and O–H groups in total. The van der Waals surface area contributed by atoms with Crippen LogP contribution in [0.15, 0.2) is 47.8 Å². The second kappa shape index (κ2) is 11.9. The number of hydrogen-bond donors (Lipinski definition) is 3. The summed E-state index contributed by atoms with van der Waals surface area (Å²) in [7, 11) is -4.18. The summed E-state index contributed by atoms with van der Waals surface area (Å²) in [5, 5.41) is 8.27. The molecule has 192 valence electrons. The summed E-state index contributed by atoms with van der Waals surface area (Å²) in [6, 6.07) is 13.8. The zero-order chi connectivity index (χ0) is 25.7. The first-order chi connectivity index (χ1) is 17.2. The molecule has 0 spiro atoms. The van der Waals surface area contributed by atoms with Crippen LogP contribution in [0, 0.1) is 6.92 Å². The Kier molecular flexibility index (Phi) is 8.85. The van der Waals surface area contributed by atoms with Gasteiger partial charge in [-0.25, -0.2) is 4.98 Å². The lowest BCUT2D eigenvalue weighted by atomic mass is 9.96. The average Bonchev–Trinajstić information content (AvgIpc) is 3.29. The molecule has 2 heterocycles. The molecule has 2 aromatic carbocycles. The molecular weight excluding hydrogens is 517 g/mol. The Morgan fingerprint density at radius 1 is 1.22 bits per heavy atom. The summed E-state index contributed by atoms with van der Waals surface area (Å²) in [6.45, 7) is 2.77. The highest BCUT2D eigenvalue weighted by Gasteiger charge is 2.33. The molecule has 0 bridgehead atoms. The first-order valence-corrected chi connectivity index (χ1v) is 15.6. The molecule has 1 fully saturated rings. The van der Waals surface area contributed by atoms with Gasteiger partial charge in [-0.2, -0.15) is 0 Å². The number of aryl methyl sites for hydroxylation is 1. The zero-order valence-corrected chi connectivity index (χ0v) is 22.5. The highest BCUT2D eigenvalue weighted by molar-refractivity contribution is 8.04. The van der Waals surface area contributed by atoms with Gasteiger partial charge in [-0.1, -0.05) is 42.5 Å². The van der Waals surface area contributed by atoms with E-state index in [1.54, 1.807) is 16.2 Å². The molecule has 0 aliphatic carbocycles. The van der Waals surface area contributed by atoms with Crippen LogP contribution in [0.2, 0.25) is 0 Å². The monoisotopic (exact) mass is 547 g/mol. The Bertz CT molecular complexity index is 1280. The van der Waals surface area contributed by atoms with Crippen LogP contribution in [0.25, 0.3) is 10.8 Å². The molecule has 3 aromatic rings. The first kappa shape index (κ1) is 26.8. The fraction of sp³-hybridized carbons (Fsp3) is 0.400. The van der Waals surface area contributed by atoms with Crippen LogP contribution in [0.3, 0.4) is 0 Å². The molecule has 1 saturated heterocycles. The maximum Gasteiger partial charge on any atom is 0.335 e. The number of likely N-dealkylation sites (tertiary alicyclic amines) is 1. The molecule has 1 aliphatic rings. The lowest BCUT2D eigenvalue weighted by Crippen LogP contribution is -2.53. The first-order valence-electron chi connectivity index (χ1n) is 11.8. The number of fused-ring (bicyclic) bond motifs is 1. The molecule has 4 rings (SSSR count). The van der Waals surface area contributed by atoms with Crippen molar-refractivity contribution in [1.82, 2.24) is 15.2 Å². The number of nitrogens with one attached hydrogen (secondary N) is 1. The van der Waals surface area contributed by atoms with Crippen molar-refractivity contribution in [2.45, 2.75) is 38.1 Å². The third kappa shape index (κ3) is 6.95. The van der Waals surface area contributed by atoms with Crippen LogP contribution in [0.5, 0.6) is 0 Å². The van der Waals surface area contributed by atoms with E-state index in [-0.39, 0.29) is 23.5 Å². The number of piperidine rings is 1. The Hall–Kier alpha value is -2.23. The minimum Gasteiger partial charge on any atom is -0.353 e. The number of rotatable bonds is 9. The van der Waals surface area contributed by atoms with E-state index in [4.69, 9.17) is 14.8 Å². The molecular formula is C25H30N3O5PS2. The third-order valence-corrected chi connectivity index (χ3v) is 9.81. The van der Waals surface area contributed by atoms with Gasteiger partial charge in [0.1, 0.15) is 11.0 Å². The van der Waals surface area contributed by atoms with Gasteiger partial charge in [0, 0.05) is 24.2 Å². The Morgan fingerprint density at radius 3 is 2.72 bits per heavy atom. The molecule has 2 atom stereocenters. The van der Waals surface area contributed by atoms with E-state index in [0.717, 1.165) is 51.6 Å². The van der Waals surface area contributed by atoms with Crippen LogP contribution in [-0.4, -0.2) is 61.9 Å². The van der Waals surface area contributed by atoms with Crippen LogP contribution in [0.4, 0.5) is 0 Å². The van der Waals surface area contributed by atoms with Crippen LogP contribution in [-0.2, 0) is 14.2 Å². The van der Waals surface area contributed by atoms with E-state index in [2.05, 4.69) is 35.6 Å². The topological polar surface area (TPSA) is 120 Å². The van der Waals surface area contributed by atoms with Gasteiger partial charge in [0.15, 0.2) is 0 Å². The molecule has 1 aliphatic heterocycles. The normalized spacial score (nSPS) is 17.2. The van der Waals surface area contributed by atoms with Gasteiger partial charge < -0.3 is 20.0 Å². The smallest absolute Gasteiger partial charge is 0.335 e. The SMILES string of the molecule is Cc1csc(C(CNC(=O)C2CCCCN2C(=O)CSCP(=O)(O)O)c2ccc3ccccc3c2)n1. The standard InChI is InChI=1S/C25H30N3O5PS2/c1-17-14-36-25(27-17)21(20-10-9-18-6-2-3-7-19(18)12-20)13-26-24(30)22-8-4-5-11-28(22)23(29)15-35-16-34(31,32)33/h2-3,6-7,9-10,12,14,21-22H,4-5,8,11,13,15-16H2,1H3,(H,26,30)(H2,31,32,33). The lowest BCUT2D eigenvalue weighted by molar-refractivity contribution is -0.140. The van der Waals surface area contributed by atoms with Crippen LogP contribution >= 0.6 is 30.7 Å². The second-order valence-electron chi connectivity index (χ2n) is 8.97. The number of hydrogen-bond acceptors (Lipinski definition) is 6. The van der Waals surface area contributed by atoms with E-state index in [1.807, 2.05) is 24.4 Å². The fourth-order valence-electron chi connectivity index (χ4n) is 4.46. The van der Waals surface area contributed by atoms with Crippen LogP contribution in [0.1, 0.15) is 41.4 Å². The van der Waals surface area contributed by atoms with Gasteiger partial charge in [0.2, 0.25) is 11.8 Å². The lowest BCUT2D eigenvalue weighted by Gasteiger charge is -2.35. The molecule has 36 heavy (non-hydrogen) atoms. The Morgan fingerprint density at radius 2 is 2.00 bits per heavy atom.